The predicted molar refractivity (Wildman–Crippen MR) is 79.4 cm³/mol. The third kappa shape index (κ3) is 4.23. The molecule has 0 spiro atoms. The summed E-state index contributed by atoms with van der Waals surface area (Å²) in [6.07, 6.45) is 1.45. The lowest BCUT2D eigenvalue weighted by atomic mass is 10.1. The lowest BCUT2D eigenvalue weighted by Crippen LogP contribution is -2.17. The highest BCUT2D eigenvalue weighted by molar-refractivity contribution is 7.91. The average Bonchev–Trinajstić information content (AvgIpc) is 2.66. The molecule has 104 valence electrons. The Hall–Kier alpha value is -0.100. The molecule has 0 saturated carbocycles. The van der Waals surface area contributed by atoms with Crippen molar-refractivity contribution in [3.8, 4) is 0 Å². The van der Waals surface area contributed by atoms with Crippen molar-refractivity contribution >= 4 is 32.8 Å². The maximum absolute atomic E-state index is 11.4. The van der Waals surface area contributed by atoms with Crippen LogP contribution in [-0.2, 0) is 9.84 Å². The Balaban J connectivity index is 2.61. The molecule has 0 aliphatic rings. The van der Waals surface area contributed by atoms with Crippen LogP contribution in [0.2, 0.25) is 5.02 Å². The highest BCUT2D eigenvalue weighted by Gasteiger charge is 2.17. The van der Waals surface area contributed by atoms with Gasteiger partial charge in [-0.1, -0.05) is 18.5 Å². The SMILES string of the molecule is CCS(=O)(=O)CCCC(NC)c1scc(C)c1Cl. The van der Waals surface area contributed by atoms with Gasteiger partial charge in [-0.2, -0.15) is 0 Å². The monoisotopic (exact) mass is 309 g/mol. The minimum Gasteiger partial charge on any atom is -0.312 e. The van der Waals surface area contributed by atoms with Crippen LogP contribution >= 0.6 is 22.9 Å². The molecule has 0 amide bonds. The molecule has 1 heterocycles. The summed E-state index contributed by atoms with van der Waals surface area (Å²) in [6.45, 7) is 3.67. The molecule has 1 unspecified atom stereocenters. The molecule has 0 aliphatic heterocycles. The molecule has 1 aromatic rings. The van der Waals surface area contributed by atoms with E-state index in [9.17, 15) is 8.42 Å². The molecule has 0 aliphatic carbocycles. The van der Waals surface area contributed by atoms with Gasteiger partial charge < -0.3 is 5.32 Å². The van der Waals surface area contributed by atoms with Crippen molar-refractivity contribution in [2.24, 2.45) is 0 Å². The summed E-state index contributed by atoms with van der Waals surface area (Å²) in [6, 6.07) is 0.142. The number of nitrogens with one attached hydrogen (secondary N) is 1. The van der Waals surface area contributed by atoms with E-state index in [1.165, 1.54) is 0 Å². The third-order valence-electron chi connectivity index (χ3n) is 2.98. The zero-order valence-corrected chi connectivity index (χ0v) is 13.4. The van der Waals surface area contributed by atoms with E-state index in [1.54, 1.807) is 18.3 Å². The minimum absolute atomic E-state index is 0.142. The van der Waals surface area contributed by atoms with Crippen LogP contribution in [0.1, 0.15) is 36.2 Å². The van der Waals surface area contributed by atoms with Crippen LogP contribution in [0, 0.1) is 6.92 Å². The smallest absolute Gasteiger partial charge is 0.150 e. The second-order valence-corrected chi connectivity index (χ2v) is 8.08. The van der Waals surface area contributed by atoms with Crippen LogP contribution in [0.3, 0.4) is 0 Å². The molecule has 0 aromatic carbocycles. The molecule has 3 nitrogen and oxygen atoms in total. The number of sulfone groups is 1. The summed E-state index contributed by atoms with van der Waals surface area (Å²) in [7, 11) is -0.989. The molecule has 1 rings (SSSR count). The number of hydrogen-bond acceptors (Lipinski definition) is 4. The summed E-state index contributed by atoms with van der Waals surface area (Å²) >= 11 is 7.86. The first-order valence-electron chi connectivity index (χ1n) is 6.02. The molecule has 0 bridgehead atoms. The molecule has 18 heavy (non-hydrogen) atoms. The van der Waals surface area contributed by atoms with Crippen LogP contribution in [-0.4, -0.2) is 27.0 Å². The molecule has 1 N–H and O–H groups in total. The van der Waals surface area contributed by atoms with Crippen molar-refractivity contribution in [2.45, 2.75) is 32.7 Å². The summed E-state index contributed by atoms with van der Waals surface area (Å²) < 4.78 is 22.9. The van der Waals surface area contributed by atoms with E-state index in [4.69, 9.17) is 11.6 Å². The highest BCUT2D eigenvalue weighted by atomic mass is 35.5. The third-order valence-corrected chi connectivity index (χ3v) is 6.60. The van der Waals surface area contributed by atoms with E-state index < -0.39 is 9.84 Å². The van der Waals surface area contributed by atoms with E-state index in [0.29, 0.717) is 6.42 Å². The van der Waals surface area contributed by atoms with Gasteiger partial charge in [0.2, 0.25) is 0 Å². The van der Waals surface area contributed by atoms with Crippen LogP contribution in [0.4, 0.5) is 0 Å². The van der Waals surface area contributed by atoms with Crippen LogP contribution in [0.15, 0.2) is 5.38 Å². The van der Waals surface area contributed by atoms with E-state index in [-0.39, 0.29) is 17.5 Å². The van der Waals surface area contributed by atoms with Gasteiger partial charge in [-0.05, 0) is 37.8 Å². The molecular formula is C12H20ClNO2S2. The van der Waals surface area contributed by atoms with Crippen LogP contribution < -0.4 is 5.32 Å². The van der Waals surface area contributed by atoms with Crippen molar-refractivity contribution in [3.63, 3.8) is 0 Å². The molecular weight excluding hydrogens is 290 g/mol. The lowest BCUT2D eigenvalue weighted by Gasteiger charge is -2.15. The lowest BCUT2D eigenvalue weighted by molar-refractivity contribution is 0.542. The Kier molecular flexibility index (Phi) is 6.11. The van der Waals surface area contributed by atoms with Gasteiger partial charge in [0.25, 0.3) is 0 Å². The van der Waals surface area contributed by atoms with Crippen molar-refractivity contribution in [1.29, 1.82) is 0 Å². The van der Waals surface area contributed by atoms with E-state index in [0.717, 1.165) is 21.9 Å². The first kappa shape index (κ1) is 16.0. The number of thiophene rings is 1. The second-order valence-electron chi connectivity index (χ2n) is 4.32. The zero-order chi connectivity index (χ0) is 13.8. The van der Waals surface area contributed by atoms with Gasteiger partial charge in [0.05, 0.1) is 10.8 Å². The van der Waals surface area contributed by atoms with Crippen molar-refractivity contribution < 1.29 is 8.42 Å². The largest absolute Gasteiger partial charge is 0.312 e. The second kappa shape index (κ2) is 6.89. The van der Waals surface area contributed by atoms with Gasteiger partial charge in [-0.15, -0.1) is 11.3 Å². The van der Waals surface area contributed by atoms with Gasteiger partial charge in [0.15, 0.2) is 0 Å². The fraction of sp³-hybridized carbons (Fsp3) is 0.667. The topological polar surface area (TPSA) is 46.2 Å². The fourth-order valence-electron chi connectivity index (χ4n) is 1.74. The number of hydrogen-bond donors (Lipinski definition) is 1. The molecule has 6 heteroatoms. The molecule has 0 saturated heterocycles. The molecule has 1 atom stereocenters. The Morgan fingerprint density at radius 1 is 1.50 bits per heavy atom. The van der Waals surface area contributed by atoms with E-state index in [1.807, 2.05) is 19.4 Å². The van der Waals surface area contributed by atoms with Crippen molar-refractivity contribution in [1.82, 2.24) is 5.32 Å². The van der Waals surface area contributed by atoms with E-state index >= 15 is 0 Å². The predicted octanol–water partition coefficient (Wildman–Crippen LogP) is 3.19. The average molecular weight is 310 g/mol. The maximum Gasteiger partial charge on any atom is 0.150 e. The van der Waals surface area contributed by atoms with Gasteiger partial charge in [0, 0.05) is 16.7 Å². The summed E-state index contributed by atoms with van der Waals surface area (Å²) in [4.78, 5) is 1.10. The first-order chi connectivity index (χ1) is 8.41. The van der Waals surface area contributed by atoms with Gasteiger partial charge >= 0.3 is 0 Å². The van der Waals surface area contributed by atoms with Crippen molar-refractivity contribution in [2.75, 3.05) is 18.6 Å². The van der Waals surface area contributed by atoms with Gasteiger partial charge in [0.1, 0.15) is 9.84 Å². The van der Waals surface area contributed by atoms with Crippen molar-refractivity contribution in [3.05, 3.63) is 20.8 Å². The molecule has 0 fully saturated rings. The Morgan fingerprint density at radius 2 is 2.17 bits per heavy atom. The summed E-state index contributed by atoms with van der Waals surface area (Å²) in [5.74, 6) is 0.472. The Morgan fingerprint density at radius 3 is 2.61 bits per heavy atom. The highest BCUT2D eigenvalue weighted by Crippen LogP contribution is 2.34. The van der Waals surface area contributed by atoms with Crippen LogP contribution in [0.25, 0.3) is 0 Å². The Bertz CT molecular complexity index is 482. The zero-order valence-electron chi connectivity index (χ0n) is 11.0. The quantitative estimate of drug-likeness (QED) is 0.841. The maximum atomic E-state index is 11.4. The summed E-state index contributed by atoms with van der Waals surface area (Å²) in [5.41, 5.74) is 1.08. The standard InChI is InChI=1S/C12H20ClNO2S2/c1-4-18(15,16)7-5-6-10(14-3)12-11(13)9(2)8-17-12/h8,10,14H,4-7H2,1-3H3. The Labute approximate surface area is 118 Å². The van der Waals surface area contributed by atoms with Gasteiger partial charge in [-0.25, -0.2) is 8.42 Å². The number of rotatable bonds is 7. The number of aryl methyl sites for hydroxylation is 1. The minimum atomic E-state index is -2.87. The fourth-order valence-corrected chi connectivity index (χ4v) is 4.11. The summed E-state index contributed by atoms with van der Waals surface area (Å²) in [5, 5.41) is 6.04. The normalized spacial score (nSPS) is 13.8. The van der Waals surface area contributed by atoms with E-state index in [2.05, 4.69) is 5.32 Å². The molecule has 0 radical (unpaired) electrons. The molecule has 1 aromatic heterocycles. The first-order valence-corrected chi connectivity index (χ1v) is 9.10. The number of halogens is 1. The van der Waals surface area contributed by atoms with Gasteiger partial charge in [-0.3, -0.25) is 0 Å². The van der Waals surface area contributed by atoms with Crippen LogP contribution in [0.5, 0.6) is 0 Å².